The van der Waals surface area contributed by atoms with E-state index in [4.69, 9.17) is 5.73 Å². The highest BCUT2D eigenvalue weighted by Crippen LogP contribution is 2.43. The topological polar surface area (TPSA) is 26.0 Å². The summed E-state index contributed by atoms with van der Waals surface area (Å²) >= 11 is 0. The molecule has 1 nitrogen and oxygen atoms in total. The molecule has 14 heavy (non-hydrogen) atoms. The van der Waals surface area contributed by atoms with Crippen molar-refractivity contribution in [3.05, 3.63) is 34.6 Å². The van der Waals surface area contributed by atoms with Gasteiger partial charge in [-0.15, -0.1) is 0 Å². The van der Waals surface area contributed by atoms with E-state index >= 15 is 0 Å². The van der Waals surface area contributed by atoms with E-state index in [9.17, 15) is 13.2 Å². The van der Waals surface area contributed by atoms with Crippen LogP contribution < -0.4 is 5.73 Å². The minimum absolute atomic E-state index is 0.333. The van der Waals surface area contributed by atoms with E-state index in [0.29, 0.717) is 16.7 Å². The molecule has 0 spiro atoms. The highest BCUT2D eigenvalue weighted by atomic mass is 19.3. The van der Waals surface area contributed by atoms with Gasteiger partial charge in [0.2, 0.25) is 0 Å². The summed E-state index contributed by atoms with van der Waals surface area (Å²) in [5.74, 6) is -3.42. The third kappa shape index (κ3) is 1.21. The quantitative estimate of drug-likeness (QED) is 0.685. The molecule has 1 aliphatic rings. The Morgan fingerprint density at radius 3 is 2.71 bits per heavy atom. The number of halogens is 3. The second-order valence-corrected chi connectivity index (χ2v) is 3.71. The van der Waals surface area contributed by atoms with E-state index in [1.165, 1.54) is 6.07 Å². The van der Waals surface area contributed by atoms with Crippen LogP contribution in [0, 0.1) is 12.7 Å². The molecular weight excluding hydrogens is 191 g/mol. The zero-order valence-electron chi connectivity index (χ0n) is 7.65. The summed E-state index contributed by atoms with van der Waals surface area (Å²) in [6.45, 7) is 1.60. The van der Waals surface area contributed by atoms with Gasteiger partial charge in [-0.25, -0.2) is 13.2 Å². The Morgan fingerprint density at radius 2 is 2.07 bits per heavy atom. The van der Waals surface area contributed by atoms with Crippen molar-refractivity contribution in [3.8, 4) is 0 Å². The fourth-order valence-electron chi connectivity index (χ4n) is 1.99. The highest BCUT2D eigenvalue weighted by molar-refractivity contribution is 5.43. The van der Waals surface area contributed by atoms with Gasteiger partial charge in [0, 0.05) is 6.42 Å². The van der Waals surface area contributed by atoms with Crippen LogP contribution in [0.2, 0.25) is 0 Å². The number of nitrogens with two attached hydrogens (primary N) is 1. The third-order valence-corrected chi connectivity index (χ3v) is 2.63. The second kappa shape index (κ2) is 2.73. The summed E-state index contributed by atoms with van der Waals surface area (Å²) in [6.07, 6.45) is -0.456. The van der Waals surface area contributed by atoms with Gasteiger partial charge in [-0.2, -0.15) is 0 Å². The second-order valence-electron chi connectivity index (χ2n) is 3.71. The molecule has 1 unspecified atom stereocenters. The van der Waals surface area contributed by atoms with Crippen molar-refractivity contribution >= 4 is 0 Å². The Hall–Kier alpha value is -1.03. The first-order chi connectivity index (χ1) is 6.42. The van der Waals surface area contributed by atoms with Crippen molar-refractivity contribution < 1.29 is 13.2 Å². The van der Waals surface area contributed by atoms with E-state index < -0.39 is 24.2 Å². The van der Waals surface area contributed by atoms with Crippen LogP contribution in [0.3, 0.4) is 0 Å². The summed E-state index contributed by atoms with van der Waals surface area (Å²) in [5.41, 5.74) is 6.64. The summed E-state index contributed by atoms with van der Waals surface area (Å²) < 4.78 is 39.3. The van der Waals surface area contributed by atoms with Crippen molar-refractivity contribution in [1.29, 1.82) is 0 Å². The van der Waals surface area contributed by atoms with Gasteiger partial charge in [0.1, 0.15) is 5.82 Å². The lowest BCUT2D eigenvalue weighted by Gasteiger charge is -2.15. The van der Waals surface area contributed by atoms with Gasteiger partial charge >= 0.3 is 0 Å². The van der Waals surface area contributed by atoms with E-state index in [1.807, 2.05) is 0 Å². The molecule has 1 aliphatic carbocycles. The molecular formula is C10H10F3N. The van der Waals surface area contributed by atoms with Crippen LogP contribution in [-0.2, 0) is 6.42 Å². The first-order valence-electron chi connectivity index (χ1n) is 4.34. The zero-order valence-corrected chi connectivity index (χ0v) is 7.65. The fraction of sp³-hybridized carbons (Fsp3) is 0.400. The van der Waals surface area contributed by atoms with Crippen LogP contribution in [0.25, 0.3) is 0 Å². The zero-order chi connectivity index (χ0) is 10.5. The van der Waals surface area contributed by atoms with Gasteiger partial charge in [0.15, 0.2) is 0 Å². The Kier molecular flexibility index (Phi) is 1.86. The lowest BCUT2D eigenvalue weighted by Crippen LogP contribution is -2.29. The molecule has 76 valence electrons. The number of rotatable bonds is 0. The highest BCUT2D eigenvalue weighted by Gasteiger charge is 2.46. The molecule has 0 radical (unpaired) electrons. The van der Waals surface area contributed by atoms with Gasteiger partial charge in [0.05, 0.1) is 6.04 Å². The number of hydrogen-bond donors (Lipinski definition) is 1. The number of aryl methyl sites for hydroxylation is 1. The largest absolute Gasteiger partial charge is 0.319 e. The molecule has 1 aromatic carbocycles. The van der Waals surface area contributed by atoms with Crippen LogP contribution >= 0.6 is 0 Å². The van der Waals surface area contributed by atoms with Gasteiger partial charge in [-0.05, 0) is 35.7 Å². The van der Waals surface area contributed by atoms with Crippen LogP contribution in [-0.4, -0.2) is 5.92 Å². The molecule has 0 saturated heterocycles. The van der Waals surface area contributed by atoms with Crippen molar-refractivity contribution in [2.75, 3.05) is 0 Å². The lowest BCUT2D eigenvalue weighted by molar-refractivity contribution is -0.0136. The number of hydrogen-bond acceptors (Lipinski definition) is 1. The van der Waals surface area contributed by atoms with Crippen molar-refractivity contribution in [1.82, 2.24) is 0 Å². The number of benzene rings is 1. The van der Waals surface area contributed by atoms with Crippen LogP contribution in [0.15, 0.2) is 12.1 Å². The lowest BCUT2D eigenvalue weighted by atomic mass is 10.0. The van der Waals surface area contributed by atoms with E-state index in [-0.39, 0.29) is 0 Å². The monoisotopic (exact) mass is 201 g/mol. The average Bonchev–Trinajstić information content (AvgIpc) is 2.21. The van der Waals surface area contributed by atoms with Crippen LogP contribution in [0.1, 0.15) is 22.7 Å². The number of alkyl halides is 2. The van der Waals surface area contributed by atoms with E-state index in [1.54, 1.807) is 6.92 Å². The van der Waals surface area contributed by atoms with Gasteiger partial charge in [-0.3, -0.25) is 0 Å². The molecule has 0 heterocycles. The van der Waals surface area contributed by atoms with Crippen molar-refractivity contribution in [2.24, 2.45) is 5.73 Å². The standard InChI is InChI=1S/C10H10F3N/c1-5-2-7(11)3-6-4-10(12,13)9(14)8(5)6/h2-3,9H,4,14H2,1H3. The van der Waals surface area contributed by atoms with Gasteiger partial charge < -0.3 is 5.73 Å². The Labute approximate surface area is 79.7 Å². The summed E-state index contributed by atoms with van der Waals surface area (Å²) in [6, 6.07) is 1.08. The maximum atomic E-state index is 13.2. The summed E-state index contributed by atoms with van der Waals surface area (Å²) in [5, 5.41) is 0. The molecule has 1 aromatic rings. The van der Waals surface area contributed by atoms with Crippen molar-refractivity contribution in [2.45, 2.75) is 25.3 Å². The van der Waals surface area contributed by atoms with Gasteiger partial charge in [-0.1, -0.05) is 0 Å². The average molecular weight is 201 g/mol. The molecule has 1 atom stereocenters. The fourth-order valence-corrected chi connectivity index (χ4v) is 1.99. The first-order valence-corrected chi connectivity index (χ1v) is 4.34. The maximum absolute atomic E-state index is 13.2. The normalized spacial score (nSPS) is 23.6. The predicted octanol–water partition coefficient (Wildman–Crippen LogP) is 2.33. The minimum Gasteiger partial charge on any atom is -0.319 e. The van der Waals surface area contributed by atoms with Crippen molar-refractivity contribution in [3.63, 3.8) is 0 Å². The molecule has 2 N–H and O–H groups in total. The van der Waals surface area contributed by atoms with Crippen LogP contribution in [0.4, 0.5) is 13.2 Å². The molecule has 0 aliphatic heterocycles. The van der Waals surface area contributed by atoms with E-state index in [2.05, 4.69) is 0 Å². The van der Waals surface area contributed by atoms with Gasteiger partial charge in [0.25, 0.3) is 5.92 Å². The molecule has 4 heteroatoms. The molecule has 2 rings (SSSR count). The molecule has 0 aromatic heterocycles. The minimum atomic E-state index is -2.94. The molecule has 0 bridgehead atoms. The SMILES string of the molecule is Cc1cc(F)cc2c1C(N)C(F)(F)C2. The number of fused-ring (bicyclic) bond motifs is 1. The summed E-state index contributed by atoms with van der Waals surface area (Å²) in [4.78, 5) is 0. The Bertz CT molecular complexity index is 387. The molecule has 0 saturated carbocycles. The Balaban J connectivity index is 2.59. The third-order valence-electron chi connectivity index (χ3n) is 2.63. The smallest absolute Gasteiger partial charge is 0.271 e. The maximum Gasteiger partial charge on any atom is 0.271 e. The summed E-state index contributed by atoms with van der Waals surface area (Å²) in [7, 11) is 0. The van der Waals surface area contributed by atoms with Crippen LogP contribution in [0.5, 0.6) is 0 Å². The first kappa shape index (κ1) is 9.52. The molecule has 0 fully saturated rings. The predicted molar refractivity (Wildman–Crippen MR) is 46.7 cm³/mol. The molecule has 0 amide bonds. The van der Waals surface area contributed by atoms with E-state index in [0.717, 1.165) is 6.07 Å². The Morgan fingerprint density at radius 1 is 1.43 bits per heavy atom.